The first kappa shape index (κ1) is 21.4. The summed E-state index contributed by atoms with van der Waals surface area (Å²) in [6.45, 7) is 2.41. The Bertz CT molecular complexity index is 541. The van der Waals surface area contributed by atoms with Crippen LogP contribution in [-0.4, -0.2) is 25.7 Å². The van der Waals surface area contributed by atoms with Gasteiger partial charge in [0.05, 0.1) is 11.5 Å². The molecule has 1 aromatic carbocycles. The Hall–Kier alpha value is -0.600. The summed E-state index contributed by atoms with van der Waals surface area (Å²) in [6.07, 6.45) is 4.36. The van der Waals surface area contributed by atoms with Gasteiger partial charge in [0.15, 0.2) is 0 Å². The van der Waals surface area contributed by atoms with E-state index >= 15 is 0 Å². The van der Waals surface area contributed by atoms with E-state index in [1.807, 2.05) is 0 Å². The van der Waals surface area contributed by atoms with E-state index in [9.17, 15) is 17.8 Å². The van der Waals surface area contributed by atoms with Gasteiger partial charge in [-0.2, -0.15) is 0 Å². The first-order chi connectivity index (χ1) is 9.93. The average molecular weight is 338 g/mol. The molecule has 0 aromatic heterocycles. The van der Waals surface area contributed by atoms with Crippen LogP contribution in [0.2, 0.25) is 0 Å². The van der Waals surface area contributed by atoms with Gasteiger partial charge in [0.1, 0.15) is 15.9 Å². The van der Waals surface area contributed by atoms with Crippen LogP contribution in [0.15, 0.2) is 29.2 Å². The topological polar surface area (TPSA) is 92.7 Å². The number of hydrogen-bond acceptors (Lipinski definition) is 6. The van der Waals surface area contributed by atoms with Crippen LogP contribution in [0.3, 0.4) is 0 Å². The summed E-state index contributed by atoms with van der Waals surface area (Å²) in [5.41, 5.74) is 0. The third-order valence-corrected chi connectivity index (χ3v) is 3.63. The summed E-state index contributed by atoms with van der Waals surface area (Å²) in [4.78, 5) is 11.0. The average Bonchev–Trinajstić information content (AvgIpc) is 2.42. The van der Waals surface area contributed by atoms with E-state index in [2.05, 4.69) is 6.92 Å². The van der Waals surface area contributed by atoms with Gasteiger partial charge in [0.2, 0.25) is 0 Å². The molecule has 0 N–H and O–H groups in total. The predicted molar refractivity (Wildman–Crippen MR) is 75.1 cm³/mol. The van der Waals surface area contributed by atoms with Crippen molar-refractivity contribution >= 4 is 16.3 Å². The van der Waals surface area contributed by atoms with Crippen LogP contribution in [0, 0.1) is 0 Å². The van der Waals surface area contributed by atoms with Crippen molar-refractivity contribution in [1.29, 1.82) is 0 Å². The Labute approximate surface area is 153 Å². The van der Waals surface area contributed by atoms with Crippen LogP contribution in [0.5, 0.6) is 5.75 Å². The molecule has 0 saturated carbocycles. The normalized spacial score (nSPS) is 10.6. The largest absolute Gasteiger partial charge is 1.00 e. The van der Waals surface area contributed by atoms with Gasteiger partial charge in [-0.1, -0.05) is 32.6 Å². The van der Waals surface area contributed by atoms with Crippen LogP contribution in [0.4, 0.5) is 4.79 Å². The van der Waals surface area contributed by atoms with Crippen molar-refractivity contribution in [2.75, 3.05) is 6.61 Å². The van der Waals surface area contributed by atoms with Crippen molar-refractivity contribution in [2.45, 2.75) is 43.9 Å². The molecule has 0 bridgehead atoms. The van der Waals surface area contributed by atoms with Crippen LogP contribution in [0.25, 0.3) is 0 Å². The number of carbonyl (C=O) groups excluding carboxylic acids is 1. The Morgan fingerprint density at radius 2 is 1.68 bits per heavy atom. The molecule has 1 aromatic rings. The van der Waals surface area contributed by atoms with Gasteiger partial charge in [-0.3, -0.25) is 0 Å². The van der Waals surface area contributed by atoms with Gasteiger partial charge in [-0.25, -0.2) is 13.2 Å². The van der Waals surface area contributed by atoms with E-state index in [0.29, 0.717) is 0 Å². The minimum absolute atomic E-state index is 0. The quantitative estimate of drug-likeness (QED) is 0.219. The van der Waals surface area contributed by atoms with Gasteiger partial charge in [0, 0.05) is 0 Å². The zero-order valence-electron chi connectivity index (χ0n) is 12.9. The van der Waals surface area contributed by atoms with Crippen molar-refractivity contribution < 1.29 is 56.8 Å². The minimum Gasteiger partial charge on any atom is -0.744 e. The van der Waals surface area contributed by atoms with Crippen LogP contribution < -0.4 is 34.3 Å². The fourth-order valence-electron chi connectivity index (χ4n) is 1.66. The third kappa shape index (κ3) is 8.75. The van der Waals surface area contributed by atoms with E-state index in [1.165, 1.54) is 18.6 Å². The summed E-state index contributed by atoms with van der Waals surface area (Å²) in [7, 11) is -4.50. The first-order valence-electron chi connectivity index (χ1n) is 6.84. The molecular weight excluding hydrogens is 319 g/mol. The van der Waals surface area contributed by atoms with Crippen molar-refractivity contribution in [3.05, 3.63) is 24.3 Å². The summed E-state index contributed by atoms with van der Waals surface area (Å²) in [6, 6.07) is 4.62. The number of hydrogen-bond donors (Lipinski definition) is 0. The SMILES string of the molecule is CCCCCCCOC(=O)Oc1ccc(S(=O)(=O)[O-])cc1.[Na+]. The van der Waals surface area contributed by atoms with Crippen LogP contribution in [-0.2, 0) is 14.9 Å². The minimum atomic E-state index is -4.50. The molecule has 6 nitrogen and oxygen atoms in total. The molecule has 0 unspecified atom stereocenters. The number of ether oxygens (including phenoxy) is 2. The molecule has 0 heterocycles. The second kappa shape index (κ2) is 11.0. The molecule has 0 aliphatic heterocycles. The Balaban J connectivity index is 0.00000441. The molecule has 0 spiro atoms. The van der Waals surface area contributed by atoms with E-state index in [1.54, 1.807) is 0 Å². The first-order valence-corrected chi connectivity index (χ1v) is 8.25. The van der Waals surface area contributed by atoms with Gasteiger partial charge in [0.25, 0.3) is 0 Å². The second-order valence-corrected chi connectivity index (χ2v) is 5.92. The smallest absolute Gasteiger partial charge is 0.744 e. The second-order valence-electron chi connectivity index (χ2n) is 4.54. The molecular formula is C14H19NaO6S. The van der Waals surface area contributed by atoms with E-state index < -0.39 is 16.3 Å². The Morgan fingerprint density at radius 3 is 2.23 bits per heavy atom. The summed E-state index contributed by atoms with van der Waals surface area (Å²) in [5, 5.41) is 0. The molecule has 118 valence electrons. The van der Waals surface area contributed by atoms with Crippen molar-refractivity contribution in [3.63, 3.8) is 0 Å². The molecule has 1 rings (SSSR count). The molecule has 0 aliphatic rings. The number of rotatable bonds is 8. The molecule has 8 heteroatoms. The number of benzene rings is 1. The third-order valence-electron chi connectivity index (χ3n) is 2.78. The number of carbonyl (C=O) groups is 1. The molecule has 0 aliphatic carbocycles. The maximum atomic E-state index is 11.4. The summed E-state index contributed by atoms with van der Waals surface area (Å²) >= 11 is 0. The van der Waals surface area contributed by atoms with E-state index in [-0.39, 0.29) is 46.8 Å². The maximum absolute atomic E-state index is 11.4. The molecule has 0 radical (unpaired) electrons. The van der Waals surface area contributed by atoms with Gasteiger partial charge in [-0.15, -0.1) is 0 Å². The standard InChI is InChI=1S/C14H20O6S.Na/c1-2-3-4-5-6-11-19-14(15)20-12-7-9-13(10-8-12)21(16,17)18;/h7-10H,2-6,11H2,1H3,(H,16,17,18);/q;+1/p-1. The Morgan fingerprint density at radius 1 is 1.09 bits per heavy atom. The van der Waals surface area contributed by atoms with Crippen molar-refractivity contribution in [3.8, 4) is 5.75 Å². The van der Waals surface area contributed by atoms with Crippen LogP contribution >= 0.6 is 0 Å². The molecule has 0 amide bonds. The monoisotopic (exact) mass is 338 g/mol. The van der Waals surface area contributed by atoms with Gasteiger partial charge >= 0.3 is 35.7 Å². The van der Waals surface area contributed by atoms with Crippen molar-refractivity contribution in [1.82, 2.24) is 0 Å². The van der Waals surface area contributed by atoms with Crippen molar-refractivity contribution in [2.24, 2.45) is 0 Å². The zero-order chi connectivity index (χ0) is 15.7. The molecule has 0 atom stereocenters. The van der Waals surface area contributed by atoms with E-state index in [4.69, 9.17) is 9.47 Å². The molecule has 0 fully saturated rings. The number of unbranched alkanes of at least 4 members (excludes halogenated alkanes) is 4. The van der Waals surface area contributed by atoms with Crippen LogP contribution in [0.1, 0.15) is 39.0 Å². The summed E-state index contributed by atoms with van der Waals surface area (Å²) < 4.78 is 41.9. The fraction of sp³-hybridized carbons (Fsp3) is 0.500. The molecule has 0 saturated heterocycles. The van der Waals surface area contributed by atoms with Gasteiger partial charge in [-0.05, 0) is 30.7 Å². The Kier molecular flexibility index (Phi) is 10.7. The summed E-state index contributed by atoms with van der Waals surface area (Å²) in [5.74, 6) is 0.124. The van der Waals surface area contributed by atoms with Gasteiger partial charge < -0.3 is 14.0 Å². The predicted octanol–water partition coefficient (Wildman–Crippen LogP) is 0.0805. The van der Waals surface area contributed by atoms with E-state index in [0.717, 1.165) is 37.8 Å². The zero-order valence-corrected chi connectivity index (χ0v) is 15.7. The molecule has 22 heavy (non-hydrogen) atoms. The maximum Gasteiger partial charge on any atom is 1.00 e. The fourth-order valence-corrected chi connectivity index (χ4v) is 2.13.